The Morgan fingerprint density at radius 1 is 1.21 bits per heavy atom. The molecule has 1 saturated carbocycles. The Hall–Kier alpha value is 0.373. The van der Waals surface area contributed by atoms with E-state index >= 15 is 0 Å². The number of nitrogens with zero attached hydrogens (tertiary/aromatic N) is 1. The average molecular weight is 467 g/mol. The van der Waals surface area contributed by atoms with Gasteiger partial charge in [0.05, 0.1) is 7.11 Å². The molecule has 0 spiro atoms. The molecule has 0 radical (unpaired) electrons. The Bertz CT molecular complexity index is 541. The normalized spacial score (nSPS) is 15.8. The van der Waals surface area contributed by atoms with E-state index in [0.717, 1.165) is 21.8 Å². The van der Waals surface area contributed by atoms with Gasteiger partial charge in [-0.2, -0.15) is 4.90 Å². The Morgan fingerprint density at radius 2 is 1.79 bits per heavy atom. The molecule has 2 nitrogen and oxygen atoms in total. The molecule has 1 aliphatic rings. The SMILES string of the molecule is COc1cc(C=NC2CCCCC2)c([S-])c(C(C)(C)C)c1.[Cl][Zr][Cl]. The Balaban J connectivity index is 0.000000891. The molecule has 1 aromatic carbocycles. The van der Waals surface area contributed by atoms with E-state index in [4.69, 9.17) is 39.4 Å². The predicted molar refractivity (Wildman–Crippen MR) is 103 cm³/mol. The molecule has 2 rings (SSSR count). The van der Waals surface area contributed by atoms with Gasteiger partial charge in [0.15, 0.2) is 0 Å². The summed E-state index contributed by atoms with van der Waals surface area (Å²) in [5, 5.41) is 0. The standard InChI is InChI=1S/C18H27NOS.2ClH.Zr/c1-18(2,3)16-11-15(20-4)10-13(17(16)21)12-19-14-8-6-5-7-9-14;;;/h10-12,14,21H,5-9H2,1-4H3;2*1H;/q;;;+2/p-3. The summed E-state index contributed by atoms with van der Waals surface area (Å²) in [6, 6.07) is 4.53. The minimum absolute atomic E-state index is 0.0129. The number of halogens is 2. The van der Waals surface area contributed by atoms with E-state index in [1.165, 1.54) is 32.1 Å². The van der Waals surface area contributed by atoms with Crippen LogP contribution >= 0.6 is 17.0 Å². The molecule has 0 bridgehead atoms. The van der Waals surface area contributed by atoms with Gasteiger partial charge in [0.25, 0.3) is 0 Å². The van der Waals surface area contributed by atoms with Crippen molar-refractivity contribution in [2.75, 3.05) is 7.11 Å². The van der Waals surface area contributed by atoms with Crippen LogP contribution < -0.4 is 4.74 Å². The minimum atomic E-state index is -0.826. The number of hydrogen-bond acceptors (Lipinski definition) is 3. The van der Waals surface area contributed by atoms with Crippen LogP contribution in [-0.4, -0.2) is 19.4 Å². The Kier molecular flexibility index (Phi) is 10.4. The number of methoxy groups -OCH3 is 1. The second-order valence-electron chi connectivity index (χ2n) is 6.98. The monoisotopic (exact) mass is 464 g/mol. The number of benzene rings is 1. The fourth-order valence-corrected chi connectivity index (χ4v) is 3.29. The van der Waals surface area contributed by atoms with Crippen molar-refractivity contribution in [1.82, 2.24) is 0 Å². The van der Waals surface area contributed by atoms with Crippen LogP contribution in [0.25, 0.3) is 0 Å². The molecular formula is C18H26Cl2NOSZr-. The summed E-state index contributed by atoms with van der Waals surface area (Å²) in [7, 11) is 11.6. The van der Waals surface area contributed by atoms with Crippen LogP contribution in [0.5, 0.6) is 5.75 Å². The maximum atomic E-state index is 5.67. The van der Waals surface area contributed by atoms with Crippen molar-refractivity contribution in [3.8, 4) is 5.75 Å². The molecule has 6 heteroatoms. The van der Waals surface area contributed by atoms with Gasteiger partial charge >= 0.3 is 37.9 Å². The summed E-state index contributed by atoms with van der Waals surface area (Å²) in [5.41, 5.74) is 2.18. The van der Waals surface area contributed by atoms with Crippen LogP contribution in [0.4, 0.5) is 0 Å². The van der Waals surface area contributed by atoms with E-state index in [1.807, 2.05) is 12.3 Å². The van der Waals surface area contributed by atoms with Gasteiger partial charge in [-0.1, -0.05) is 45.6 Å². The second kappa shape index (κ2) is 11.2. The number of rotatable bonds is 3. The van der Waals surface area contributed by atoms with Crippen molar-refractivity contribution in [3.05, 3.63) is 23.3 Å². The molecule has 0 aromatic heterocycles. The van der Waals surface area contributed by atoms with Gasteiger partial charge in [-0.15, -0.1) is 0 Å². The summed E-state index contributed by atoms with van der Waals surface area (Å²) in [6.45, 7) is 6.54. The van der Waals surface area contributed by atoms with Crippen molar-refractivity contribution in [2.24, 2.45) is 4.99 Å². The van der Waals surface area contributed by atoms with Gasteiger partial charge in [-0.25, -0.2) is 0 Å². The van der Waals surface area contributed by atoms with E-state index in [-0.39, 0.29) is 5.41 Å². The van der Waals surface area contributed by atoms with Crippen molar-refractivity contribution in [1.29, 1.82) is 0 Å². The van der Waals surface area contributed by atoms with Crippen LogP contribution in [0.15, 0.2) is 22.0 Å². The first-order valence-corrected chi connectivity index (χ1v) is 15.0. The molecule has 1 aromatic rings. The first-order valence-electron chi connectivity index (χ1n) is 8.22. The number of hydrogen-bond donors (Lipinski definition) is 0. The molecule has 0 N–H and O–H groups in total. The zero-order valence-electron chi connectivity index (χ0n) is 14.9. The Labute approximate surface area is 170 Å². The fraction of sp³-hybridized carbons (Fsp3) is 0.611. The molecule has 0 amide bonds. The molecule has 0 aliphatic heterocycles. The van der Waals surface area contributed by atoms with Crippen molar-refractivity contribution in [2.45, 2.75) is 69.2 Å². The quantitative estimate of drug-likeness (QED) is 0.401. The first-order chi connectivity index (χ1) is 11.3. The van der Waals surface area contributed by atoms with Crippen molar-refractivity contribution < 1.29 is 25.6 Å². The van der Waals surface area contributed by atoms with Gasteiger partial charge in [0.1, 0.15) is 5.75 Å². The number of ether oxygens (including phenoxy) is 1. The third-order valence-electron chi connectivity index (χ3n) is 4.13. The van der Waals surface area contributed by atoms with E-state index in [1.54, 1.807) is 7.11 Å². The summed E-state index contributed by atoms with van der Waals surface area (Å²) in [4.78, 5) is 5.67. The molecule has 1 aliphatic carbocycles. The van der Waals surface area contributed by atoms with Gasteiger partial charge < -0.3 is 17.4 Å². The molecule has 134 valence electrons. The summed E-state index contributed by atoms with van der Waals surface area (Å²) in [5.74, 6) is 0.860. The average Bonchev–Trinajstić information content (AvgIpc) is 2.54. The van der Waals surface area contributed by atoms with E-state index in [9.17, 15) is 0 Å². The maximum absolute atomic E-state index is 5.67. The van der Waals surface area contributed by atoms with Crippen molar-refractivity contribution in [3.63, 3.8) is 0 Å². The fourth-order valence-electron chi connectivity index (χ4n) is 2.81. The summed E-state index contributed by atoms with van der Waals surface area (Å²) < 4.78 is 5.43. The zero-order valence-corrected chi connectivity index (χ0v) is 19.7. The van der Waals surface area contributed by atoms with Gasteiger partial charge in [0.2, 0.25) is 0 Å². The van der Waals surface area contributed by atoms with Crippen LogP contribution in [0, 0.1) is 0 Å². The van der Waals surface area contributed by atoms with Crippen LogP contribution in [0.2, 0.25) is 0 Å². The molecule has 0 unspecified atom stereocenters. The van der Waals surface area contributed by atoms with Crippen LogP contribution in [0.3, 0.4) is 0 Å². The molecule has 0 atom stereocenters. The summed E-state index contributed by atoms with van der Waals surface area (Å²) >= 11 is 4.84. The van der Waals surface area contributed by atoms with Crippen molar-refractivity contribution >= 4 is 35.9 Å². The van der Waals surface area contributed by atoms with Crippen LogP contribution in [0.1, 0.15) is 64.0 Å². The first kappa shape index (κ1) is 22.4. The molecule has 1 fully saturated rings. The van der Waals surface area contributed by atoms with E-state index in [0.29, 0.717) is 6.04 Å². The number of aliphatic imine (C=N–C) groups is 1. The van der Waals surface area contributed by atoms with Crippen LogP contribution in [-0.2, 0) is 38.9 Å². The zero-order chi connectivity index (χ0) is 18.2. The third-order valence-corrected chi connectivity index (χ3v) is 4.59. The molecular weight excluding hydrogens is 440 g/mol. The molecule has 0 saturated heterocycles. The summed E-state index contributed by atoms with van der Waals surface area (Å²) in [6.07, 6.45) is 8.34. The van der Waals surface area contributed by atoms with E-state index < -0.39 is 20.8 Å². The second-order valence-corrected chi connectivity index (χ2v) is 11.1. The Morgan fingerprint density at radius 3 is 2.29 bits per heavy atom. The topological polar surface area (TPSA) is 21.6 Å². The van der Waals surface area contributed by atoms with Gasteiger partial charge in [0, 0.05) is 12.3 Å². The van der Waals surface area contributed by atoms with Gasteiger partial charge in [-0.3, -0.25) is 4.99 Å². The van der Waals surface area contributed by atoms with E-state index in [2.05, 4.69) is 26.8 Å². The van der Waals surface area contributed by atoms with Gasteiger partial charge in [-0.05, 0) is 36.0 Å². The molecule has 0 heterocycles. The predicted octanol–water partition coefficient (Wildman–Crippen LogP) is 6.03. The third kappa shape index (κ3) is 7.32. The molecule has 24 heavy (non-hydrogen) atoms.